The zero-order valence-electron chi connectivity index (χ0n) is 13.6. The predicted molar refractivity (Wildman–Crippen MR) is 86.3 cm³/mol. The Kier molecular flexibility index (Phi) is 6.68. The summed E-state index contributed by atoms with van der Waals surface area (Å²) in [5.74, 6) is 0. The third kappa shape index (κ3) is 5.42. The van der Waals surface area contributed by atoms with Crippen LogP contribution >= 0.6 is 0 Å². The summed E-state index contributed by atoms with van der Waals surface area (Å²) in [4.78, 5) is 0. The monoisotopic (exact) mass is 291 g/mol. The van der Waals surface area contributed by atoms with E-state index in [4.69, 9.17) is 9.47 Å². The molecule has 3 heteroatoms. The van der Waals surface area contributed by atoms with Crippen molar-refractivity contribution < 1.29 is 9.47 Å². The Morgan fingerprint density at radius 2 is 1.81 bits per heavy atom. The molecule has 2 atom stereocenters. The van der Waals surface area contributed by atoms with E-state index in [-0.39, 0.29) is 0 Å². The minimum absolute atomic E-state index is 0.306. The number of benzene rings is 1. The van der Waals surface area contributed by atoms with E-state index in [1.54, 1.807) is 0 Å². The summed E-state index contributed by atoms with van der Waals surface area (Å²) in [6, 6.07) is 8.56. The standard InChI is InChI=1S/C18H29NO2/c1-4-9-19-12-16-7-5-6-8-17(16)13-20-18-10-14(2)21-15(3)11-18/h5-8,14-15,18-19H,4,9-13H2,1-3H3. The predicted octanol–water partition coefficient (Wildman–Crippen LogP) is 3.66. The molecule has 0 amide bonds. The highest BCUT2D eigenvalue weighted by Crippen LogP contribution is 2.23. The van der Waals surface area contributed by atoms with Crippen molar-refractivity contribution in [2.45, 2.75) is 71.5 Å². The number of ether oxygens (including phenoxy) is 2. The van der Waals surface area contributed by atoms with E-state index in [1.807, 2.05) is 0 Å². The van der Waals surface area contributed by atoms with Crippen LogP contribution in [-0.2, 0) is 22.6 Å². The van der Waals surface area contributed by atoms with Crippen LogP contribution in [0.3, 0.4) is 0 Å². The van der Waals surface area contributed by atoms with Crippen molar-refractivity contribution in [3.63, 3.8) is 0 Å². The van der Waals surface area contributed by atoms with Gasteiger partial charge in [0.15, 0.2) is 0 Å². The molecule has 0 aromatic heterocycles. The first-order valence-electron chi connectivity index (χ1n) is 8.23. The lowest BCUT2D eigenvalue weighted by molar-refractivity contribution is -0.106. The Bertz CT molecular complexity index is 411. The topological polar surface area (TPSA) is 30.5 Å². The van der Waals surface area contributed by atoms with Crippen LogP contribution in [0.4, 0.5) is 0 Å². The highest BCUT2D eigenvalue weighted by Gasteiger charge is 2.24. The van der Waals surface area contributed by atoms with Gasteiger partial charge in [0.05, 0.1) is 24.9 Å². The van der Waals surface area contributed by atoms with Gasteiger partial charge in [0.25, 0.3) is 0 Å². The minimum atomic E-state index is 0.306. The first-order chi connectivity index (χ1) is 10.2. The summed E-state index contributed by atoms with van der Waals surface area (Å²) in [6.07, 6.45) is 4.10. The first-order valence-corrected chi connectivity index (χ1v) is 8.23. The molecule has 1 aromatic carbocycles. The van der Waals surface area contributed by atoms with Gasteiger partial charge in [-0.15, -0.1) is 0 Å². The van der Waals surface area contributed by atoms with Gasteiger partial charge in [0.2, 0.25) is 0 Å². The summed E-state index contributed by atoms with van der Waals surface area (Å²) >= 11 is 0. The van der Waals surface area contributed by atoms with Crippen molar-refractivity contribution in [2.24, 2.45) is 0 Å². The van der Waals surface area contributed by atoms with E-state index in [2.05, 4.69) is 50.4 Å². The zero-order chi connectivity index (χ0) is 15.1. The first kappa shape index (κ1) is 16.5. The van der Waals surface area contributed by atoms with Crippen molar-refractivity contribution in [1.82, 2.24) is 5.32 Å². The van der Waals surface area contributed by atoms with Crippen LogP contribution in [0.1, 0.15) is 51.2 Å². The van der Waals surface area contributed by atoms with Crippen molar-refractivity contribution in [3.8, 4) is 0 Å². The van der Waals surface area contributed by atoms with Crippen molar-refractivity contribution >= 4 is 0 Å². The average Bonchev–Trinajstić information content (AvgIpc) is 2.45. The Labute approximate surface area is 129 Å². The van der Waals surface area contributed by atoms with E-state index in [9.17, 15) is 0 Å². The quantitative estimate of drug-likeness (QED) is 0.778. The van der Waals surface area contributed by atoms with Crippen LogP contribution in [0.25, 0.3) is 0 Å². The molecule has 0 spiro atoms. The second-order valence-corrected chi connectivity index (χ2v) is 6.11. The number of hydrogen-bond donors (Lipinski definition) is 1. The van der Waals surface area contributed by atoms with E-state index < -0.39 is 0 Å². The van der Waals surface area contributed by atoms with Gasteiger partial charge >= 0.3 is 0 Å². The second kappa shape index (κ2) is 8.52. The molecule has 2 rings (SSSR count). The largest absolute Gasteiger partial charge is 0.375 e. The van der Waals surface area contributed by atoms with Gasteiger partial charge in [0.1, 0.15) is 0 Å². The van der Waals surface area contributed by atoms with Crippen LogP contribution in [0, 0.1) is 0 Å². The van der Waals surface area contributed by atoms with Gasteiger partial charge in [-0.3, -0.25) is 0 Å². The van der Waals surface area contributed by atoms with E-state index in [0.29, 0.717) is 24.9 Å². The van der Waals surface area contributed by atoms with Gasteiger partial charge in [0, 0.05) is 6.54 Å². The van der Waals surface area contributed by atoms with Crippen molar-refractivity contribution in [3.05, 3.63) is 35.4 Å². The Morgan fingerprint density at radius 3 is 2.48 bits per heavy atom. The molecule has 0 saturated carbocycles. The highest BCUT2D eigenvalue weighted by molar-refractivity contribution is 5.26. The summed E-state index contributed by atoms with van der Waals surface area (Å²) < 4.78 is 11.9. The third-order valence-electron chi connectivity index (χ3n) is 3.99. The molecule has 1 aliphatic heterocycles. The maximum Gasteiger partial charge on any atom is 0.0723 e. The summed E-state index contributed by atoms with van der Waals surface area (Å²) in [7, 11) is 0. The average molecular weight is 291 g/mol. The highest BCUT2D eigenvalue weighted by atomic mass is 16.5. The molecular weight excluding hydrogens is 262 g/mol. The lowest BCUT2D eigenvalue weighted by atomic mass is 10.0. The summed E-state index contributed by atoms with van der Waals surface area (Å²) in [5, 5.41) is 3.47. The molecular formula is C18H29NO2. The SMILES string of the molecule is CCCNCc1ccccc1COC1CC(C)OC(C)C1. The van der Waals surface area contributed by atoms with Gasteiger partial charge in [-0.2, -0.15) is 0 Å². The van der Waals surface area contributed by atoms with E-state index in [0.717, 1.165) is 32.4 Å². The van der Waals surface area contributed by atoms with Crippen molar-refractivity contribution in [1.29, 1.82) is 0 Å². The smallest absolute Gasteiger partial charge is 0.0723 e. The lowest BCUT2D eigenvalue weighted by Gasteiger charge is -2.32. The van der Waals surface area contributed by atoms with E-state index in [1.165, 1.54) is 11.1 Å². The second-order valence-electron chi connectivity index (χ2n) is 6.11. The molecule has 0 radical (unpaired) electrons. The molecule has 0 aliphatic carbocycles. The maximum absolute atomic E-state index is 6.15. The molecule has 1 saturated heterocycles. The number of hydrogen-bond acceptors (Lipinski definition) is 3. The Balaban J connectivity index is 1.87. The van der Waals surface area contributed by atoms with Gasteiger partial charge in [-0.1, -0.05) is 31.2 Å². The normalized spacial score (nSPS) is 26.0. The molecule has 1 N–H and O–H groups in total. The molecule has 3 nitrogen and oxygen atoms in total. The molecule has 1 heterocycles. The van der Waals surface area contributed by atoms with Crippen LogP contribution in [0.15, 0.2) is 24.3 Å². The molecule has 1 aliphatic rings. The molecule has 118 valence electrons. The van der Waals surface area contributed by atoms with Crippen LogP contribution < -0.4 is 5.32 Å². The van der Waals surface area contributed by atoms with Gasteiger partial charge < -0.3 is 14.8 Å². The molecule has 2 unspecified atom stereocenters. The summed E-state index contributed by atoms with van der Waals surface area (Å²) in [6.45, 7) is 9.14. The summed E-state index contributed by atoms with van der Waals surface area (Å²) in [5.41, 5.74) is 2.65. The van der Waals surface area contributed by atoms with E-state index >= 15 is 0 Å². The molecule has 1 fully saturated rings. The molecule has 21 heavy (non-hydrogen) atoms. The number of rotatable bonds is 7. The fourth-order valence-electron chi connectivity index (χ4n) is 2.96. The van der Waals surface area contributed by atoms with Crippen LogP contribution in [0.5, 0.6) is 0 Å². The van der Waals surface area contributed by atoms with Crippen molar-refractivity contribution in [2.75, 3.05) is 6.54 Å². The Morgan fingerprint density at radius 1 is 1.14 bits per heavy atom. The van der Waals surface area contributed by atoms with Crippen LogP contribution in [-0.4, -0.2) is 24.9 Å². The third-order valence-corrected chi connectivity index (χ3v) is 3.99. The fourth-order valence-corrected chi connectivity index (χ4v) is 2.96. The fraction of sp³-hybridized carbons (Fsp3) is 0.667. The van der Waals surface area contributed by atoms with Gasteiger partial charge in [-0.05, 0) is 50.8 Å². The lowest BCUT2D eigenvalue weighted by Crippen LogP contribution is -2.34. The minimum Gasteiger partial charge on any atom is -0.375 e. The van der Waals surface area contributed by atoms with Crippen LogP contribution in [0.2, 0.25) is 0 Å². The zero-order valence-corrected chi connectivity index (χ0v) is 13.6. The Hall–Kier alpha value is -0.900. The molecule has 1 aromatic rings. The van der Waals surface area contributed by atoms with Gasteiger partial charge in [-0.25, -0.2) is 0 Å². The molecule has 0 bridgehead atoms. The maximum atomic E-state index is 6.15. The number of nitrogens with one attached hydrogen (secondary N) is 1.